The minimum Gasteiger partial charge on any atom is -0.423 e. The van der Waals surface area contributed by atoms with E-state index >= 15 is 0 Å². The number of benzene rings is 3. The van der Waals surface area contributed by atoms with Crippen LogP contribution in [0.4, 0.5) is 0 Å². The van der Waals surface area contributed by atoms with Crippen molar-refractivity contribution in [2.45, 2.75) is 0 Å². The second-order valence-electron chi connectivity index (χ2n) is 6.55. The maximum atomic E-state index is 12.3. The van der Waals surface area contributed by atoms with Crippen LogP contribution in [0, 0.1) is 0 Å². The number of hydrogen-bond acceptors (Lipinski definition) is 5. The fourth-order valence-corrected chi connectivity index (χ4v) is 3.24. The second-order valence-corrected chi connectivity index (χ2v) is 7.47. The Labute approximate surface area is 187 Å². The fraction of sp³-hybridized carbons (Fsp3) is 0. The topological polar surface area (TPSA) is 65.0 Å². The monoisotopic (exact) mass is 473 g/mol. The van der Waals surface area contributed by atoms with Crippen LogP contribution in [-0.4, -0.2) is 17.8 Å². The lowest BCUT2D eigenvalue weighted by Crippen LogP contribution is -2.06. The van der Waals surface area contributed by atoms with Gasteiger partial charge >= 0.3 is 11.9 Å². The molecule has 0 saturated carbocycles. The van der Waals surface area contributed by atoms with Gasteiger partial charge in [0.25, 0.3) is 0 Å². The van der Waals surface area contributed by atoms with Gasteiger partial charge in [0, 0.05) is 21.7 Å². The van der Waals surface area contributed by atoms with Crippen LogP contribution >= 0.6 is 15.9 Å². The Bertz CT molecular complexity index is 1210. The normalized spacial score (nSPS) is 14.5. The number of nitrogens with zero attached hydrogens (tertiary/aromatic N) is 1. The summed E-state index contributed by atoms with van der Waals surface area (Å²) in [5, 5.41) is 0. The standard InChI is InChI=1S/C25H16BrNO4/c26-20-12-13-22(30-23(28)14-11-17-7-3-1-4-8-17)19(15-20)16-21-25(29)31-24(27-21)18-9-5-2-6-10-18/h1-16H/b14-11+,21-16+. The van der Waals surface area contributed by atoms with E-state index in [0.717, 1.165) is 10.0 Å². The highest BCUT2D eigenvalue weighted by molar-refractivity contribution is 9.10. The van der Waals surface area contributed by atoms with Crippen molar-refractivity contribution in [2.24, 2.45) is 4.99 Å². The lowest BCUT2D eigenvalue weighted by atomic mass is 10.1. The number of carbonyl (C=O) groups excluding carboxylic acids is 2. The summed E-state index contributed by atoms with van der Waals surface area (Å²) in [6.45, 7) is 0. The molecule has 0 aliphatic carbocycles. The average Bonchev–Trinajstić information content (AvgIpc) is 3.16. The zero-order chi connectivity index (χ0) is 21.6. The summed E-state index contributed by atoms with van der Waals surface area (Å²) in [4.78, 5) is 28.9. The first-order chi connectivity index (χ1) is 15.1. The van der Waals surface area contributed by atoms with E-state index in [2.05, 4.69) is 20.9 Å². The first kappa shape index (κ1) is 20.5. The lowest BCUT2D eigenvalue weighted by molar-refractivity contribution is -0.130. The number of ether oxygens (including phenoxy) is 2. The van der Waals surface area contributed by atoms with Gasteiger partial charge in [0.15, 0.2) is 5.70 Å². The lowest BCUT2D eigenvalue weighted by Gasteiger charge is -2.06. The third-order valence-corrected chi connectivity index (χ3v) is 4.82. The smallest absolute Gasteiger partial charge is 0.363 e. The molecule has 152 valence electrons. The summed E-state index contributed by atoms with van der Waals surface area (Å²) in [6.07, 6.45) is 4.56. The van der Waals surface area contributed by atoms with Crippen molar-refractivity contribution in [3.05, 3.63) is 112 Å². The number of cyclic esters (lactones) is 1. The van der Waals surface area contributed by atoms with Crippen LogP contribution in [0.3, 0.4) is 0 Å². The van der Waals surface area contributed by atoms with Crippen molar-refractivity contribution in [3.63, 3.8) is 0 Å². The predicted molar refractivity (Wildman–Crippen MR) is 122 cm³/mol. The van der Waals surface area contributed by atoms with Gasteiger partial charge in [-0.15, -0.1) is 0 Å². The molecule has 31 heavy (non-hydrogen) atoms. The molecule has 5 nitrogen and oxygen atoms in total. The third kappa shape index (κ3) is 5.24. The van der Waals surface area contributed by atoms with Gasteiger partial charge < -0.3 is 9.47 Å². The van der Waals surface area contributed by atoms with Gasteiger partial charge in [-0.2, -0.15) is 0 Å². The molecule has 3 aromatic carbocycles. The van der Waals surface area contributed by atoms with E-state index in [1.165, 1.54) is 12.2 Å². The zero-order valence-electron chi connectivity index (χ0n) is 16.2. The molecule has 0 fully saturated rings. The van der Waals surface area contributed by atoms with E-state index in [-0.39, 0.29) is 11.6 Å². The van der Waals surface area contributed by atoms with Crippen molar-refractivity contribution in [1.82, 2.24) is 0 Å². The van der Waals surface area contributed by atoms with Crippen LogP contribution in [0.1, 0.15) is 16.7 Å². The average molecular weight is 474 g/mol. The largest absolute Gasteiger partial charge is 0.423 e. The second kappa shape index (κ2) is 9.36. The minimum atomic E-state index is -0.569. The Kier molecular flexibility index (Phi) is 6.19. The van der Waals surface area contributed by atoms with Gasteiger partial charge in [-0.1, -0.05) is 64.5 Å². The fourth-order valence-electron chi connectivity index (χ4n) is 2.86. The van der Waals surface area contributed by atoms with Crippen molar-refractivity contribution in [3.8, 4) is 5.75 Å². The first-order valence-corrected chi connectivity index (χ1v) is 10.2. The van der Waals surface area contributed by atoms with E-state index in [4.69, 9.17) is 9.47 Å². The van der Waals surface area contributed by atoms with Crippen LogP contribution in [0.15, 0.2) is 100 Å². The van der Waals surface area contributed by atoms with Gasteiger partial charge in [0.1, 0.15) is 5.75 Å². The summed E-state index contributed by atoms with van der Waals surface area (Å²) in [5.41, 5.74) is 2.22. The Morgan fingerprint density at radius 2 is 1.68 bits per heavy atom. The Morgan fingerprint density at radius 1 is 0.968 bits per heavy atom. The molecule has 1 aliphatic rings. The highest BCUT2D eigenvalue weighted by atomic mass is 79.9. The van der Waals surface area contributed by atoms with Crippen LogP contribution in [-0.2, 0) is 14.3 Å². The molecule has 0 radical (unpaired) electrons. The summed E-state index contributed by atoms with van der Waals surface area (Å²) in [7, 11) is 0. The van der Waals surface area contributed by atoms with Crippen molar-refractivity contribution < 1.29 is 19.1 Å². The quantitative estimate of drug-likeness (QED) is 0.282. The minimum absolute atomic E-state index is 0.120. The molecular formula is C25H16BrNO4. The number of hydrogen-bond donors (Lipinski definition) is 0. The van der Waals surface area contributed by atoms with Gasteiger partial charge in [-0.3, -0.25) is 0 Å². The van der Waals surface area contributed by atoms with Gasteiger partial charge in [0.2, 0.25) is 5.90 Å². The maximum Gasteiger partial charge on any atom is 0.363 e. The molecule has 1 aliphatic heterocycles. The molecule has 0 unspecified atom stereocenters. The Balaban J connectivity index is 1.58. The van der Waals surface area contributed by atoms with E-state index in [9.17, 15) is 9.59 Å². The Morgan fingerprint density at radius 3 is 2.42 bits per heavy atom. The molecular weight excluding hydrogens is 458 g/mol. The number of aliphatic imine (C=N–C) groups is 1. The summed E-state index contributed by atoms with van der Waals surface area (Å²) < 4.78 is 11.5. The van der Waals surface area contributed by atoms with E-state index in [1.54, 1.807) is 36.4 Å². The summed E-state index contributed by atoms with van der Waals surface area (Å²) in [6, 6.07) is 23.7. The van der Waals surface area contributed by atoms with Crippen LogP contribution < -0.4 is 4.74 Å². The molecule has 0 spiro atoms. The summed E-state index contributed by atoms with van der Waals surface area (Å²) in [5.74, 6) is -0.570. The molecule has 4 rings (SSSR count). The number of halogens is 1. The number of esters is 2. The maximum absolute atomic E-state index is 12.3. The zero-order valence-corrected chi connectivity index (χ0v) is 17.8. The van der Waals surface area contributed by atoms with Crippen molar-refractivity contribution in [2.75, 3.05) is 0 Å². The van der Waals surface area contributed by atoms with Gasteiger partial charge in [-0.25, -0.2) is 14.6 Å². The van der Waals surface area contributed by atoms with E-state index in [1.807, 2.05) is 48.5 Å². The number of carbonyl (C=O) groups is 2. The van der Waals surface area contributed by atoms with Gasteiger partial charge in [-0.05, 0) is 48.0 Å². The highest BCUT2D eigenvalue weighted by Gasteiger charge is 2.24. The van der Waals surface area contributed by atoms with Crippen molar-refractivity contribution >= 4 is 45.9 Å². The van der Waals surface area contributed by atoms with E-state index in [0.29, 0.717) is 16.9 Å². The number of rotatable bonds is 5. The molecule has 1 heterocycles. The highest BCUT2D eigenvalue weighted by Crippen LogP contribution is 2.28. The van der Waals surface area contributed by atoms with Gasteiger partial charge in [0.05, 0.1) is 0 Å². The van der Waals surface area contributed by atoms with Crippen molar-refractivity contribution in [1.29, 1.82) is 0 Å². The first-order valence-electron chi connectivity index (χ1n) is 9.41. The predicted octanol–water partition coefficient (Wildman–Crippen LogP) is 5.41. The Hall–Kier alpha value is -3.77. The summed E-state index contributed by atoms with van der Waals surface area (Å²) >= 11 is 3.40. The molecule has 0 aromatic heterocycles. The molecule has 0 atom stereocenters. The van der Waals surface area contributed by atoms with Crippen LogP contribution in [0.25, 0.3) is 12.2 Å². The SMILES string of the molecule is O=C(/C=C/c1ccccc1)Oc1ccc(Br)cc1/C=C1/N=C(c2ccccc2)OC1=O. The van der Waals surface area contributed by atoms with Crippen LogP contribution in [0.5, 0.6) is 5.75 Å². The van der Waals surface area contributed by atoms with E-state index < -0.39 is 11.9 Å². The molecule has 0 amide bonds. The molecule has 3 aromatic rings. The molecule has 6 heteroatoms. The molecule has 0 N–H and O–H groups in total. The third-order valence-electron chi connectivity index (χ3n) is 4.33. The molecule has 0 saturated heterocycles. The van der Waals surface area contributed by atoms with Crippen LogP contribution in [0.2, 0.25) is 0 Å². The molecule has 0 bridgehead atoms.